The zero-order valence-corrected chi connectivity index (χ0v) is 30.5. The molecule has 0 heterocycles. The Morgan fingerprint density at radius 1 is 0.362 bits per heavy atom. The first kappa shape index (κ1) is 32.9. The Hall–Kier alpha value is -4.04. The smallest absolute Gasteiger partial charge is 0.00723 e. The maximum absolute atomic E-state index is 4.80. The van der Waals surface area contributed by atoms with Gasteiger partial charge in [0.15, 0.2) is 0 Å². The molecule has 6 aromatic rings. The molecule has 0 spiro atoms. The normalized spacial score (nSPS) is 11.7. The van der Waals surface area contributed by atoms with Gasteiger partial charge in [0.1, 0.15) is 0 Å². The lowest BCUT2D eigenvalue weighted by molar-refractivity contribution is 1.21. The first-order chi connectivity index (χ1) is 22.7. The van der Waals surface area contributed by atoms with Crippen LogP contribution in [0, 0.1) is 41.5 Å². The molecule has 0 radical (unpaired) electrons. The molecular formula is C45H46P2. The molecule has 0 nitrogen and oxygen atoms in total. The largest absolute Gasteiger partial charge is 0.114 e. The van der Waals surface area contributed by atoms with Crippen molar-refractivity contribution in [1.29, 1.82) is 0 Å². The molecule has 0 amide bonds. The highest BCUT2D eigenvalue weighted by atomic mass is 31.2. The van der Waals surface area contributed by atoms with Crippen molar-refractivity contribution in [2.75, 3.05) is 0 Å². The Morgan fingerprint density at radius 3 is 0.830 bits per heavy atom. The topological polar surface area (TPSA) is 0 Å². The second-order valence-electron chi connectivity index (χ2n) is 13.1. The van der Waals surface area contributed by atoms with Crippen LogP contribution in [0.4, 0.5) is 0 Å². The highest BCUT2D eigenvalue weighted by molar-refractivity contribution is 8.00. The van der Waals surface area contributed by atoms with E-state index >= 15 is 0 Å². The predicted molar refractivity (Wildman–Crippen MR) is 212 cm³/mol. The molecule has 2 heteroatoms. The van der Waals surface area contributed by atoms with E-state index in [-0.39, 0.29) is 0 Å². The van der Waals surface area contributed by atoms with Gasteiger partial charge in [0.2, 0.25) is 0 Å². The molecule has 0 atom stereocenters. The molecule has 0 saturated carbocycles. The van der Waals surface area contributed by atoms with E-state index in [1.54, 1.807) is 0 Å². The summed E-state index contributed by atoms with van der Waals surface area (Å²) in [5.74, 6) is 0. The van der Waals surface area contributed by atoms with Gasteiger partial charge in [-0.05, 0) is 110 Å². The van der Waals surface area contributed by atoms with E-state index in [1.807, 2.05) is 0 Å². The van der Waals surface area contributed by atoms with Gasteiger partial charge in [0, 0.05) is 12.3 Å². The molecular weight excluding hydrogens is 602 g/mol. The zero-order valence-electron chi connectivity index (χ0n) is 28.7. The van der Waals surface area contributed by atoms with E-state index in [9.17, 15) is 0 Å². The quantitative estimate of drug-likeness (QED) is 0.144. The number of aryl methyl sites for hydroxylation is 6. The van der Waals surface area contributed by atoms with Crippen molar-refractivity contribution in [1.82, 2.24) is 0 Å². The first-order valence-electron chi connectivity index (χ1n) is 16.6. The van der Waals surface area contributed by atoms with Crippen LogP contribution in [0.1, 0.15) is 44.5 Å². The minimum absolute atomic E-state index is 0.937. The van der Waals surface area contributed by atoms with Gasteiger partial charge < -0.3 is 0 Å². The second-order valence-corrected chi connectivity index (χ2v) is 19.9. The standard InChI is InChI=1S/C45H46P2/c1-34-27-36(3)44(37(4)28-34)31-46(40-19-11-7-12-20-40,41-21-13-8-14-22-41)33-47(42-23-15-9-16-24-42,43-25-17-10-18-26-43)32-45-38(5)29-35(2)30-39(45)6/h7-30H,31-32H2,1-6H3. The molecule has 0 bridgehead atoms. The monoisotopic (exact) mass is 648 g/mol. The lowest BCUT2D eigenvalue weighted by Crippen LogP contribution is -2.23. The van der Waals surface area contributed by atoms with Crippen LogP contribution < -0.4 is 21.2 Å². The van der Waals surface area contributed by atoms with Crippen LogP contribution in [0.3, 0.4) is 0 Å². The molecule has 6 aromatic carbocycles. The summed E-state index contributed by atoms with van der Waals surface area (Å²) in [6, 6.07) is 54.9. The SMILES string of the molecule is Cc1cc(C)c(CP(=C=P(Cc2c(C)cc(C)cc2C)(c2ccccc2)c2ccccc2)(c2ccccc2)c2ccccc2)c(C)c1. The highest BCUT2D eigenvalue weighted by Gasteiger charge is 2.31. The van der Waals surface area contributed by atoms with E-state index in [2.05, 4.69) is 187 Å². The van der Waals surface area contributed by atoms with Gasteiger partial charge in [-0.1, -0.05) is 157 Å². The molecule has 0 saturated heterocycles. The van der Waals surface area contributed by atoms with Crippen molar-refractivity contribution in [3.8, 4) is 0 Å². The van der Waals surface area contributed by atoms with Crippen molar-refractivity contribution in [2.24, 2.45) is 0 Å². The molecule has 0 unspecified atom stereocenters. The van der Waals surface area contributed by atoms with Gasteiger partial charge in [-0.25, -0.2) is 0 Å². The van der Waals surface area contributed by atoms with Crippen LogP contribution in [0.25, 0.3) is 0 Å². The number of hydrogen-bond acceptors (Lipinski definition) is 0. The molecule has 0 aliphatic rings. The van der Waals surface area contributed by atoms with Crippen LogP contribution in [0.15, 0.2) is 146 Å². The Morgan fingerprint density at radius 2 is 0.596 bits per heavy atom. The molecule has 0 fully saturated rings. The van der Waals surface area contributed by atoms with Gasteiger partial charge in [-0.3, -0.25) is 0 Å². The Labute approximate surface area is 283 Å². The van der Waals surface area contributed by atoms with Crippen molar-refractivity contribution in [3.05, 3.63) is 190 Å². The minimum Gasteiger partial charge on any atom is -0.114 e. The Bertz CT molecular complexity index is 1830. The summed E-state index contributed by atoms with van der Waals surface area (Å²) in [6.07, 6.45) is 1.87. The second kappa shape index (κ2) is 14.0. The molecule has 0 aliphatic heterocycles. The van der Waals surface area contributed by atoms with Crippen molar-refractivity contribution >= 4 is 40.2 Å². The average Bonchev–Trinajstić information content (AvgIpc) is 3.08. The molecule has 0 N–H and O–H groups in total. The Kier molecular flexibility index (Phi) is 9.78. The lowest BCUT2D eigenvalue weighted by Gasteiger charge is -2.33. The van der Waals surface area contributed by atoms with Crippen LogP contribution in [-0.2, 0) is 12.3 Å². The van der Waals surface area contributed by atoms with E-state index in [0.717, 1.165) is 12.3 Å². The molecule has 236 valence electrons. The fraction of sp³-hybridized carbons (Fsp3) is 0.178. The lowest BCUT2D eigenvalue weighted by atomic mass is 10.0. The number of hydrogen-bond donors (Lipinski definition) is 0. The van der Waals surface area contributed by atoms with E-state index in [0.29, 0.717) is 0 Å². The summed E-state index contributed by atoms with van der Waals surface area (Å²) >= 11 is 0. The van der Waals surface area contributed by atoms with Gasteiger partial charge in [-0.2, -0.15) is 0 Å². The molecule has 0 aliphatic carbocycles. The Balaban J connectivity index is 1.93. The van der Waals surface area contributed by atoms with Gasteiger partial charge in [0.05, 0.1) is 0 Å². The van der Waals surface area contributed by atoms with Crippen LogP contribution >= 0.6 is 13.8 Å². The summed E-state index contributed by atoms with van der Waals surface area (Å²) < 4.78 is 0. The predicted octanol–water partition coefficient (Wildman–Crippen LogP) is 10.2. The van der Waals surface area contributed by atoms with Crippen LogP contribution in [-0.4, -0.2) is 5.17 Å². The number of rotatable bonds is 8. The summed E-state index contributed by atoms with van der Waals surface area (Å²) in [6.45, 7) is 8.99. The third-order valence-electron chi connectivity index (χ3n) is 9.60. The fourth-order valence-electron chi connectivity index (χ4n) is 7.38. The molecule has 6 rings (SSSR count). The van der Waals surface area contributed by atoms with E-state index in [4.69, 9.17) is 5.17 Å². The van der Waals surface area contributed by atoms with E-state index < -0.39 is 13.8 Å². The van der Waals surface area contributed by atoms with Gasteiger partial charge in [-0.15, -0.1) is 5.17 Å². The van der Waals surface area contributed by atoms with E-state index in [1.165, 1.54) is 65.7 Å². The molecule has 0 aromatic heterocycles. The first-order valence-corrected chi connectivity index (χ1v) is 20.6. The van der Waals surface area contributed by atoms with Gasteiger partial charge >= 0.3 is 0 Å². The van der Waals surface area contributed by atoms with Gasteiger partial charge in [0.25, 0.3) is 0 Å². The van der Waals surface area contributed by atoms with Crippen molar-refractivity contribution in [3.63, 3.8) is 0 Å². The summed E-state index contributed by atoms with van der Waals surface area (Å²) in [5.41, 5.74) is 11.0. The third-order valence-corrected chi connectivity index (χ3v) is 18.6. The van der Waals surface area contributed by atoms with Crippen LogP contribution in [0.2, 0.25) is 0 Å². The summed E-state index contributed by atoms with van der Waals surface area (Å²) in [7, 11) is 0. The summed E-state index contributed by atoms with van der Waals surface area (Å²) in [4.78, 5) is 0. The minimum atomic E-state index is -2.32. The fourth-order valence-corrected chi connectivity index (χ4v) is 18.1. The molecule has 47 heavy (non-hydrogen) atoms. The third kappa shape index (κ3) is 6.71. The highest BCUT2D eigenvalue weighted by Crippen LogP contribution is 2.56. The van der Waals surface area contributed by atoms with Crippen LogP contribution in [0.5, 0.6) is 0 Å². The average molecular weight is 649 g/mol. The maximum Gasteiger partial charge on any atom is 0.00723 e. The zero-order chi connectivity index (χ0) is 33.0. The number of benzene rings is 6. The van der Waals surface area contributed by atoms with Crippen molar-refractivity contribution < 1.29 is 0 Å². The van der Waals surface area contributed by atoms with Crippen molar-refractivity contribution in [2.45, 2.75) is 53.9 Å². The maximum atomic E-state index is 4.80. The summed E-state index contributed by atoms with van der Waals surface area (Å²) in [5, 5.41) is 10.4.